The monoisotopic (exact) mass is 757 g/mol. The average molecular weight is 757 g/mol. The summed E-state index contributed by atoms with van der Waals surface area (Å²) in [5.74, 6) is 11.5. The molecule has 0 aromatic heterocycles. The summed E-state index contributed by atoms with van der Waals surface area (Å²) >= 11 is 0. The molecule has 3 atom stereocenters. The van der Waals surface area contributed by atoms with Gasteiger partial charge >= 0.3 is 0 Å². The van der Waals surface area contributed by atoms with Crippen molar-refractivity contribution in [1.29, 1.82) is 0 Å². The molecule has 0 aliphatic heterocycles. The van der Waals surface area contributed by atoms with E-state index in [2.05, 4.69) is 48.5 Å². The molecule has 0 bridgehead atoms. The number of hydrogen-bond acceptors (Lipinski definition) is 0. The second-order valence-electron chi connectivity index (χ2n) is 20.7. The van der Waals surface area contributed by atoms with E-state index >= 15 is 0 Å². The first-order chi connectivity index (χ1) is 26.2. The van der Waals surface area contributed by atoms with Gasteiger partial charge < -0.3 is 0 Å². The number of hydrogen-bond donors (Lipinski definition) is 0. The standard InChI is InChI=1S/C21H38.2C10H20.C9H18.2C2H6/c1-16-6-3-9-18(10-4-7-16)20-11-5-8-17(2)14-21(15-20)19-12-13-19;2*1-9-5-3-7-10(2)8-4-6-9;1-9-7-5-3-2-4-6-8-9;2*1-2/h16-21H,3-15H2,1-2H3;2*9-10H,3-8H2,1-2H3;9H,2-8H2,1H3;2*1-2H3. The molecule has 324 valence electrons. The summed E-state index contributed by atoms with van der Waals surface area (Å²) in [6, 6.07) is 0. The van der Waals surface area contributed by atoms with Gasteiger partial charge in [0.15, 0.2) is 0 Å². The fourth-order valence-corrected chi connectivity index (χ4v) is 11.1. The summed E-state index contributed by atoms with van der Waals surface area (Å²) in [6.07, 6.45) is 48.2. The molecule has 0 spiro atoms. The van der Waals surface area contributed by atoms with Crippen LogP contribution < -0.4 is 0 Å². The van der Waals surface area contributed by atoms with Crippen molar-refractivity contribution in [2.24, 2.45) is 65.1 Å². The van der Waals surface area contributed by atoms with Crippen LogP contribution in [0.2, 0.25) is 0 Å². The highest BCUT2D eigenvalue weighted by atomic mass is 14.4. The third-order valence-electron chi connectivity index (χ3n) is 15.1. The molecular weight excluding hydrogens is 649 g/mol. The van der Waals surface area contributed by atoms with Gasteiger partial charge in [0.2, 0.25) is 0 Å². The van der Waals surface area contributed by atoms with Crippen LogP contribution in [0.1, 0.15) is 282 Å². The topological polar surface area (TPSA) is 0 Å². The van der Waals surface area contributed by atoms with Crippen molar-refractivity contribution in [2.45, 2.75) is 282 Å². The zero-order chi connectivity index (χ0) is 40.0. The van der Waals surface area contributed by atoms with Crippen molar-refractivity contribution >= 4 is 0 Å². The molecule has 6 fully saturated rings. The second kappa shape index (κ2) is 33.9. The maximum Gasteiger partial charge on any atom is -0.0381 e. The molecule has 3 unspecified atom stereocenters. The van der Waals surface area contributed by atoms with E-state index in [1.165, 1.54) is 161 Å². The second-order valence-corrected chi connectivity index (χ2v) is 20.7. The van der Waals surface area contributed by atoms with Crippen LogP contribution in [0.25, 0.3) is 0 Å². The molecule has 6 rings (SSSR count). The molecule has 6 saturated carbocycles. The molecule has 6 aliphatic rings. The summed E-state index contributed by atoms with van der Waals surface area (Å²) < 4.78 is 0. The highest BCUT2D eigenvalue weighted by Crippen LogP contribution is 2.47. The van der Waals surface area contributed by atoms with Crippen LogP contribution in [0.15, 0.2) is 0 Å². The van der Waals surface area contributed by atoms with Gasteiger partial charge in [-0.1, -0.05) is 256 Å². The van der Waals surface area contributed by atoms with Gasteiger partial charge in [0.25, 0.3) is 0 Å². The Balaban J connectivity index is 0.000000375. The van der Waals surface area contributed by atoms with Gasteiger partial charge in [-0.3, -0.25) is 0 Å². The summed E-state index contributed by atoms with van der Waals surface area (Å²) in [5.41, 5.74) is 0. The van der Waals surface area contributed by atoms with Crippen molar-refractivity contribution in [3.63, 3.8) is 0 Å². The van der Waals surface area contributed by atoms with Gasteiger partial charge in [0, 0.05) is 0 Å². The predicted octanol–water partition coefficient (Wildman–Crippen LogP) is 19.5. The number of rotatable bonds is 2. The maximum atomic E-state index is 2.52. The lowest BCUT2D eigenvalue weighted by atomic mass is 9.70. The first kappa shape index (κ1) is 52.0. The van der Waals surface area contributed by atoms with E-state index in [0.29, 0.717) is 0 Å². The average Bonchev–Trinajstić information content (AvgIpc) is 3.97. The van der Waals surface area contributed by atoms with E-state index in [9.17, 15) is 0 Å². The maximum absolute atomic E-state index is 2.52. The van der Waals surface area contributed by atoms with E-state index < -0.39 is 0 Å². The van der Waals surface area contributed by atoms with Crippen LogP contribution in [0.4, 0.5) is 0 Å². The Labute approximate surface area is 345 Å². The summed E-state index contributed by atoms with van der Waals surface area (Å²) in [7, 11) is 0. The molecular formula is C54H108. The molecule has 0 radical (unpaired) electrons. The van der Waals surface area contributed by atoms with Crippen LogP contribution in [0, 0.1) is 65.1 Å². The quantitative estimate of drug-likeness (QED) is 0.263. The van der Waals surface area contributed by atoms with E-state index in [0.717, 1.165) is 65.1 Å². The Morgan fingerprint density at radius 2 is 0.426 bits per heavy atom. The van der Waals surface area contributed by atoms with E-state index in [1.54, 1.807) is 44.9 Å². The van der Waals surface area contributed by atoms with Crippen LogP contribution in [0.3, 0.4) is 0 Å². The molecule has 0 aromatic rings. The van der Waals surface area contributed by atoms with Crippen LogP contribution in [-0.4, -0.2) is 0 Å². The summed E-state index contributed by atoms with van der Waals surface area (Å²) in [6.45, 7) is 25.0. The Hall–Kier alpha value is 0. The molecule has 6 aliphatic carbocycles. The van der Waals surface area contributed by atoms with Gasteiger partial charge in [-0.25, -0.2) is 0 Å². The molecule has 54 heavy (non-hydrogen) atoms. The van der Waals surface area contributed by atoms with E-state index in [4.69, 9.17) is 0 Å². The van der Waals surface area contributed by atoms with Gasteiger partial charge in [-0.15, -0.1) is 0 Å². The first-order valence-electron chi connectivity index (χ1n) is 26.2. The fourth-order valence-electron chi connectivity index (χ4n) is 11.1. The highest BCUT2D eigenvalue weighted by molar-refractivity contribution is 4.87. The third-order valence-corrected chi connectivity index (χ3v) is 15.1. The molecule has 0 heteroatoms. The third kappa shape index (κ3) is 26.8. The molecule has 0 amide bonds. The minimum atomic E-state index is 1.00. The van der Waals surface area contributed by atoms with Crippen molar-refractivity contribution in [2.75, 3.05) is 0 Å². The van der Waals surface area contributed by atoms with E-state index in [-0.39, 0.29) is 0 Å². The van der Waals surface area contributed by atoms with Crippen LogP contribution >= 0.6 is 0 Å². The largest absolute Gasteiger partial charge is 0.0683 e. The van der Waals surface area contributed by atoms with Gasteiger partial charge in [0.1, 0.15) is 0 Å². The minimum absolute atomic E-state index is 1.00. The smallest absolute Gasteiger partial charge is 0.0381 e. The lowest BCUT2D eigenvalue weighted by molar-refractivity contribution is 0.158. The Morgan fingerprint density at radius 1 is 0.185 bits per heavy atom. The van der Waals surface area contributed by atoms with Gasteiger partial charge in [0.05, 0.1) is 0 Å². The Morgan fingerprint density at radius 3 is 0.759 bits per heavy atom. The Bertz CT molecular complexity index is 697. The Kier molecular flexibility index (Phi) is 32.7. The fraction of sp³-hybridized carbons (Fsp3) is 1.00. The SMILES string of the molecule is CC.CC.CC1CCCC(C)CCC1.CC1CCCC(C)CCC1.CC1CCCC(C2CCCC(C)CC(C3CC3)C2)CCC1.CC1CCCCCCC1. The van der Waals surface area contributed by atoms with Gasteiger partial charge in [-0.05, 0) is 90.8 Å². The molecule has 0 N–H and O–H groups in total. The zero-order valence-corrected chi connectivity index (χ0v) is 40.0. The molecule has 0 nitrogen and oxygen atoms in total. The first-order valence-corrected chi connectivity index (χ1v) is 26.2. The molecule has 0 aromatic carbocycles. The zero-order valence-electron chi connectivity index (χ0n) is 40.0. The summed E-state index contributed by atoms with van der Waals surface area (Å²) in [4.78, 5) is 0. The minimum Gasteiger partial charge on any atom is -0.0683 e. The lowest BCUT2D eigenvalue weighted by Gasteiger charge is -2.35. The van der Waals surface area contributed by atoms with Crippen molar-refractivity contribution in [3.8, 4) is 0 Å². The summed E-state index contributed by atoms with van der Waals surface area (Å²) in [5, 5.41) is 0. The molecule has 0 saturated heterocycles. The normalized spacial score (nSPS) is 34.8. The van der Waals surface area contributed by atoms with Crippen LogP contribution in [0.5, 0.6) is 0 Å². The van der Waals surface area contributed by atoms with Crippen molar-refractivity contribution in [3.05, 3.63) is 0 Å². The molecule has 0 heterocycles. The van der Waals surface area contributed by atoms with Crippen molar-refractivity contribution < 1.29 is 0 Å². The van der Waals surface area contributed by atoms with Crippen molar-refractivity contribution in [1.82, 2.24) is 0 Å². The van der Waals surface area contributed by atoms with Crippen LogP contribution in [-0.2, 0) is 0 Å². The predicted molar refractivity (Wildman–Crippen MR) is 249 cm³/mol. The lowest BCUT2D eigenvalue weighted by Crippen LogP contribution is -2.24. The highest BCUT2D eigenvalue weighted by Gasteiger charge is 2.36. The van der Waals surface area contributed by atoms with Gasteiger partial charge in [-0.2, -0.15) is 0 Å². The van der Waals surface area contributed by atoms with E-state index in [1.807, 2.05) is 27.7 Å².